The molecule has 0 amide bonds. The molecule has 0 aliphatic carbocycles. The van der Waals surface area contributed by atoms with Crippen LogP contribution in [0.4, 0.5) is 0 Å². The highest BCUT2D eigenvalue weighted by Gasteiger charge is 2.17. The lowest BCUT2D eigenvalue weighted by Gasteiger charge is -2.06. The van der Waals surface area contributed by atoms with E-state index >= 15 is 0 Å². The number of aryl methyl sites for hydroxylation is 1. The van der Waals surface area contributed by atoms with E-state index in [9.17, 15) is 14.4 Å². The van der Waals surface area contributed by atoms with Gasteiger partial charge in [-0.15, -0.1) is 0 Å². The first-order valence-electron chi connectivity index (χ1n) is 6.05. The number of allylic oxidation sites excluding steroid dienone is 1. The van der Waals surface area contributed by atoms with Gasteiger partial charge in [0, 0.05) is 17.6 Å². The normalized spacial score (nSPS) is 11.7. The fourth-order valence-electron chi connectivity index (χ4n) is 1.75. The van der Waals surface area contributed by atoms with Gasteiger partial charge in [-0.1, -0.05) is 35.4 Å². The van der Waals surface area contributed by atoms with Gasteiger partial charge in [-0.2, -0.15) is 0 Å². The smallest absolute Gasteiger partial charge is 0.332 e. The highest BCUT2D eigenvalue weighted by atomic mass is 16.4. The summed E-state index contributed by atoms with van der Waals surface area (Å²) in [6, 6.07) is 6.93. The summed E-state index contributed by atoms with van der Waals surface area (Å²) in [7, 11) is 0. The van der Waals surface area contributed by atoms with Crippen molar-refractivity contribution in [2.24, 2.45) is 0 Å². The van der Waals surface area contributed by atoms with Gasteiger partial charge in [0.2, 0.25) is 0 Å². The highest BCUT2D eigenvalue weighted by molar-refractivity contribution is 5.99. The molecule has 1 aromatic rings. The van der Waals surface area contributed by atoms with Crippen molar-refractivity contribution >= 4 is 17.7 Å². The molecule has 0 heterocycles. The SMILES string of the molecule is CC(CC(=O)c1ccc(C)cc1)=C(CC(=O)O)C(=O)O. The number of Topliss-reactive ketones (excluding diaryl/α,β-unsaturated/α-hetero) is 1. The van der Waals surface area contributed by atoms with Crippen LogP contribution in [0.3, 0.4) is 0 Å². The van der Waals surface area contributed by atoms with Gasteiger partial charge >= 0.3 is 11.9 Å². The molecule has 0 bridgehead atoms. The Balaban J connectivity index is 2.93. The second-order valence-corrected chi connectivity index (χ2v) is 4.60. The second-order valence-electron chi connectivity index (χ2n) is 4.60. The lowest BCUT2D eigenvalue weighted by Crippen LogP contribution is -2.11. The first-order valence-corrected chi connectivity index (χ1v) is 6.05. The lowest BCUT2D eigenvalue weighted by atomic mass is 9.98. The van der Waals surface area contributed by atoms with Crippen LogP contribution < -0.4 is 0 Å². The molecule has 0 aliphatic rings. The monoisotopic (exact) mass is 276 g/mol. The van der Waals surface area contributed by atoms with Gasteiger partial charge in [0.25, 0.3) is 0 Å². The number of carbonyl (C=O) groups is 3. The number of carboxylic acid groups (broad SMARTS) is 2. The van der Waals surface area contributed by atoms with Crippen LogP contribution in [-0.2, 0) is 9.59 Å². The van der Waals surface area contributed by atoms with Crippen LogP contribution >= 0.6 is 0 Å². The third-order valence-electron chi connectivity index (χ3n) is 2.90. The van der Waals surface area contributed by atoms with E-state index in [1.807, 2.05) is 6.92 Å². The molecule has 2 N–H and O–H groups in total. The van der Waals surface area contributed by atoms with E-state index in [1.54, 1.807) is 24.3 Å². The van der Waals surface area contributed by atoms with E-state index in [0.717, 1.165) is 5.56 Å². The van der Waals surface area contributed by atoms with Crippen LogP contribution in [0.5, 0.6) is 0 Å². The first kappa shape index (κ1) is 15.6. The molecule has 0 aliphatic heterocycles. The number of ketones is 1. The van der Waals surface area contributed by atoms with Crippen molar-refractivity contribution in [2.75, 3.05) is 0 Å². The number of carboxylic acids is 2. The van der Waals surface area contributed by atoms with E-state index in [0.29, 0.717) is 5.56 Å². The Morgan fingerprint density at radius 3 is 2.00 bits per heavy atom. The third kappa shape index (κ3) is 4.35. The Kier molecular flexibility index (Phi) is 5.20. The largest absolute Gasteiger partial charge is 0.481 e. The Morgan fingerprint density at radius 1 is 1.00 bits per heavy atom. The predicted molar refractivity (Wildman–Crippen MR) is 72.7 cm³/mol. The van der Waals surface area contributed by atoms with Gasteiger partial charge in [-0.25, -0.2) is 4.79 Å². The number of aliphatic carboxylic acids is 2. The minimum Gasteiger partial charge on any atom is -0.481 e. The highest BCUT2D eigenvalue weighted by Crippen LogP contribution is 2.16. The summed E-state index contributed by atoms with van der Waals surface area (Å²) in [6.45, 7) is 3.37. The molecular weight excluding hydrogens is 260 g/mol. The fraction of sp³-hybridized carbons (Fsp3) is 0.267. The Bertz CT molecular complexity index is 566. The van der Waals surface area contributed by atoms with Crippen molar-refractivity contribution in [1.82, 2.24) is 0 Å². The zero-order valence-electron chi connectivity index (χ0n) is 11.3. The van der Waals surface area contributed by atoms with Gasteiger partial charge in [0.1, 0.15) is 0 Å². The van der Waals surface area contributed by atoms with Crippen LogP contribution in [-0.4, -0.2) is 27.9 Å². The molecule has 0 saturated carbocycles. The molecule has 0 radical (unpaired) electrons. The van der Waals surface area contributed by atoms with E-state index in [2.05, 4.69) is 0 Å². The summed E-state index contributed by atoms with van der Waals surface area (Å²) in [6.07, 6.45) is -0.694. The Hall–Kier alpha value is -2.43. The number of carbonyl (C=O) groups excluding carboxylic acids is 1. The van der Waals surface area contributed by atoms with Gasteiger partial charge in [-0.3, -0.25) is 9.59 Å². The van der Waals surface area contributed by atoms with Crippen molar-refractivity contribution in [3.8, 4) is 0 Å². The van der Waals surface area contributed by atoms with Crippen molar-refractivity contribution < 1.29 is 24.6 Å². The number of hydrogen-bond donors (Lipinski definition) is 2. The summed E-state index contributed by atoms with van der Waals surface area (Å²) in [5.74, 6) is -2.77. The molecule has 106 valence electrons. The average Bonchev–Trinajstić information content (AvgIpc) is 2.35. The standard InChI is InChI=1S/C15H16O5/c1-9-3-5-11(6-4-9)13(16)7-10(2)12(15(19)20)8-14(17)18/h3-6H,7-8H2,1-2H3,(H,17,18)(H,19,20). The minimum atomic E-state index is -1.30. The molecular formula is C15H16O5. The quantitative estimate of drug-likeness (QED) is 0.615. The molecule has 0 unspecified atom stereocenters. The molecule has 0 aromatic heterocycles. The van der Waals surface area contributed by atoms with Crippen molar-refractivity contribution in [3.05, 3.63) is 46.5 Å². The summed E-state index contributed by atoms with van der Waals surface area (Å²) in [5.41, 5.74) is 1.53. The lowest BCUT2D eigenvalue weighted by molar-refractivity contribution is -0.139. The van der Waals surface area contributed by atoms with Crippen molar-refractivity contribution in [3.63, 3.8) is 0 Å². The summed E-state index contributed by atoms with van der Waals surface area (Å²) in [4.78, 5) is 33.6. The van der Waals surface area contributed by atoms with Gasteiger partial charge < -0.3 is 10.2 Å². The molecule has 5 nitrogen and oxygen atoms in total. The molecule has 0 atom stereocenters. The molecule has 1 aromatic carbocycles. The molecule has 0 fully saturated rings. The number of benzene rings is 1. The maximum atomic E-state index is 12.0. The van der Waals surface area contributed by atoms with E-state index < -0.39 is 18.4 Å². The average molecular weight is 276 g/mol. The maximum Gasteiger partial charge on any atom is 0.332 e. The zero-order valence-corrected chi connectivity index (χ0v) is 11.3. The van der Waals surface area contributed by atoms with Crippen LogP contribution in [0.25, 0.3) is 0 Å². The van der Waals surface area contributed by atoms with E-state index in [4.69, 9.17) is 10.2 Å². The third-order valence-corrected chi connectivity index (χ3v) is 2.90. The van der Waals surface area contributed by atoms with Crippen LogP contribution in [0.15, 0.2) is 35.4 Å². The van der Waals surface area contributed by atoms with Gasteiger partial charge in [0.05, 0.1) is 6.42 Å². The molecule has 20 heavy (non-hydrogen) atoms. The maximum absolute atomic E-state index is 12.0. The summed E-state index contributed by atoms with van der Waals surface area (Å²) in [5, 5.41) is 17.7. The molecule has 0 spiro atoms. The summed E-state index contributed by atoms with van der Waals surface area (Å²) < 4.78 is 0. The molecule has 0 saturated heterocycles. The minimum absolute atomic E-state index is 0.0992. The first-order chi connectivity index (χ1) is 9.31. The van der Waals surface area contributed by atoms with Crippen LogP contribution in [0.2, 0.25) is 0 Å². The second kappa shape index (κ2) is 6.65. The van der Waals surface area contributed by atoms with Crippen molar-refractivity contribution in [2.45, 2.75) is 26.7 Å². The van der Waals surface area contributed by atoms with Crippen molar-refractivity contribution in [1.29, 1.82) is 0 Å². The number of hydrogen-bond acceptors (Lipinski definition) is 3. The molecule has 1 rings (SSSR count). The van der Waals surface area contributed by atoms with E-state index in [1.165, 1.54) is 6.92 Å². The van der Waals surface area contributed by atoms with Gasteiger partial charge in [-0.05, 0) is 13.8 Å². The van der Waals surface area contributed by atoms with Crippen LogP contribution in [0.1, 0.15) is 35.7 Å². The fourth-order valence-corrected chi connectivity index (χ4v) is 1.75. The topological polar surface area (TPSA) is 91.7 Å². The zero-order chi connectivity index (χ0) is 15.3. The number of rotatable bonds is 6. The Morgan fingerprint density at radius 2 is 1.55 bits per heavy atom. The van der Waals surface area contributed by atoms with Crippen LogP contribution in [0, 0.1) is 6.92 Å². The predicted octanol–water partition coefficient (Wildman–Crippen LogP) is 2.44. The van der Waals surface area contributed by atoms with E-state index in [-0.39, 0.29) is 23.4 Å². The molecule has 5 heteroatoms. The van der Waals surface area contributed by atoms with Gasteiger partial charge in [0.15, 0.2) is 5.78 Å². The summed E-state index contributed by atoms with van der Waals surface area (Å²) >= 11 is 0. The Labute approximate surface area is 116 Å².